The van der Waals surface area contributed by atoms with Gasteiger partial charge < -0.3 is 14.5 Å². The number of aryl methyl sites for hydroxylation is 2. The zero-order valence-corrected chi connectivity index (χ0v) is 14.6. The summed E-state index contributed by atoms with van der Waals surface area (Å²) in [7, 11) is 0. The molecule has 128 valence electrons. The molecule has 1 aromatic heterocycles. The molecule has 0 radical (unpaired) electrons. The number of carbonyl (C=O) groups is 1. The van der Waals surface area contributed by atoms with Crippen molar-refractivity contribution in [3.63, 3.8) is 0 Å². The molecule has 4 nitrogen and oxygen atoms in total. The number of carbonyl (C=O) groups excluding carboxylic acids is 1. The molecular formula is C21H21NO3. The third kappa shape index (κ3) is 4.10. The number of anilines is 1. The molecule has 0 saturated carbocycles. The van der Waals surface area contributed by atoms with E-state index in [1.807, 2.05) is 63.2 Å². The molecule has 0 aliphatic heterocycles. The Labute approximate surface area is 147 Å². The summed E-state index contributed by atoms with van der Waals surface area (Å²) in [4.78, 5) is 12.4. The van der Waals surface area contributed by atoms with E-state index in [0.29, 0.717) is 5.76 Å². The number of ether oxygens (including phenoxy) is 1. The fourth-order valence-electron chi connectivity index (χ4n) is 2.51. The molecule has 0 spiro atoms. The van der Waals surface area contributed by atoms with Crippen LogP contribution < -0.4 is 10.1 Å². The van der Waals surface area contributed by atoms with E-state index in [1.54, 1.807) is 12.1 Å². The molecular weight excluding hydrogens is 314 g/mol. The molecule has 0 aliphatic rings. The van der Waals surface area contributed by atoms with E-state index < -0.39 is 0 Å². The molecule has 0 saturated heterocycles. The molecule has 0 atom stereocenters. The molecule has 1 N–H and O–H groups in total. The summed E-state index contributed by atoms with van der Waals surface area (Å²) in [5.74, 6) is 1.38. The summed E-state index contributed by atoms with van der Waals surface area (Å²) in [6.07, 6.45) is 0. The van der Waals surface area contributed by atoms with Gasteiger partial charge in [0, 0.05) is 5.69 Å². The van der Waals surface area contributed by atoms with Crippen LogP contribution in [-0.4, -0.2) is 5.91 Å². The molecule has 1 heterocycles. The second-order valence-corrected chi connectivity index (χ2v) is 6.07. The van der Waals surface area contributed by atoms with Crippen molar-refractivity contribution in [2.24, 2.45) is 0 Å². The van der Waals surface area contributed by atoms with Crippen molar-refractivity contribution < 1.29 is 13.9 Å². The number of hydrogen-bond acceptors (Lipinski definition) is 3. The minimum absolute atomic E-state index is 0.267. The van der Waals surface area contributed by atoms with Gasteiger partial charge in [0.1, 0.15) is 18.1 Å². The summed E-state index contributed by atoms with van der Waals surface area (Å²) in [5.41, 5.74) is 4.10. The highest BCUT2D eigenvalue weighted by atomic mass is 16.5. The minimum atomic E-state index is -0.268. The molecule has 3 rings (SSSR count). The third-order valence-corrected chi connectivity index (χ3v) is 4.11. The lowest BCUT2D eigenvalue weighted by Crippen LogP contribution is -2.12. The summed E-state index contributed by atoms with van der Waals surface area (Å²) in [6, 6.07) is 17.0. The molecule has 0 unspecified atom stereocenters. The van der Waals surface area contributed by atoms with Crippen molar-refractivity contribution in [2.75, 3.05) is 5.32 Å². The van der Waals surface area contributed by atoms with Gasteiger partial charge in [-0.2, -0.15) is 0 Å². The molecule has 4 heteroatoms. The van der Waals surface area contributed by atoms with Crippen molar-refractivity contribution >= 4 is 11.6 Å². The predicted octanol–water partition coefficient (Wildman–Crippen LogP) is 5.04. The Balaban J connectivity index is 1.64. The Morgan fingerprint density at radius 3 is 2.64 bits per heavy atom. The summed E-state index contributed by atoms with van der Waals surface area (Å²) < 4.78 is 11.3. The molecule has 0 fully saturated rings. The predicted molar refractivity (Wildman–Crippen MR) is 98.1 cm³/mol. The van der Waals surface area contributed by atoms with Crippen LogP contribution in [0.5, 0.6) is 5.75 Å². The zero-order valence-electron chi connectivity index (χ0n) is 14.6. The minimum Gasteiger partial charge on any atom is -0.486 e. The van der Waals surface area contributed by atoms with E-state index in [9.17, 15) is 4.79 Å². The molecule has 25 heavy (non-hydrogen) atoms. The first kappa shape index (κ1) is 16.8. The maximum atomic E-state index is 12.4. The van der Waals surface area contributed by atoms with Gasteiger partial charge in [-0.1, -0.05) is 24.3 Å². The highest BCUT2D eigenvalue weighted by molar-refractivity contribution is 6.02. The van der Waals surface area contributed by atoms with Crippen LogP contribution in [0.25, 0.3) is 0 Å². The van der Waals surface area contributed by atoms with E-state index >= 15 is 0 Å². The monoisotopic (exact) mass is 335 g/mol. The van der Waals surface area contributed by atoms with Gasteiger partial charge in [-0.15, -0.1) is 0 Å². The van der Waals surface area contributed by atoms with Gasteiger partial charge in [-0.05, 0) is 67.8 Å². The highest BCUT2D eigenvalue weighted by Gasteiger charge is 2.13. The van der Waals surface area contributed by atoms with Crippen LogP contribution in [0.4, 0.5) is 5.69 Å². The van der Waals surface area contributed by atoms with Crippen molar-refractivity contribution in [1.82, 2.24) is 0 Å². The second-order valence-electron chi connectivity index (χ2n) is 6.07. The zero-order chi connectivity index (χ0) is 17.8. The lowest BCUT2D eigenvalue weighted by atomic mass is 10.1. The number of hydrogen-bond donors (Lipinski definition) is 1. The van der Waals surface area contributed by atoms with Crippen LogP contribution in [0.3, 0.4) is 0 Å². The number of amides is 1. The first-order chi connectivity index (χ1) is 12.0. The van der Waals surface area contributed by atoms with E-state index in [4.69, 9.17) is 9.15 Å². The average Bonchev–Trinajstić information content (AvgIpc) is 3.06. The van der Waals surface area contributed by atoms with Crippen LogP contribution in [0, 0.1) is 20.8 Å². The van der Waals surface area contributed by atoms with Crippen LogP contribution in [0.2, 0.25) is 0 Å². The number of nitrogens with one attached hydrogen (secondary N) is 1. The van der Waals surface area contributed by atoms with Gasteiger partial charge in [-0.3, -0.25) is 4.79 Å². The largest absolute Gasteiger partial charge is 0.486 e. The fraction of sp³-hybridized carbons (Fsp3) is 0.190. The third-order valence-electron chi connectivity index (χ3n) is 4.11. The molecule has 0 aliphatic carbocycles. The average molecular weight is 335 g/mol. The molecule has 2 aromatic carbocycles. The normalized spacial score (nSPS) is 10.5. The van der Waals surface area contributed by atoms with Crippen LogP contribution >= 0.6 is 0 Å². The van der Waals surface area contributed by atoms with Crippen LogP contribution in [0.1, 0.15) is 33.0 Å². The highest BCUT2D eigenvalue weighted by Crippen LogP contribution is 2.20. The Morgan fingerprint density at radius 1 is 1.04 bits per heavy atom. The summed E-state index contributed by atoms with van der Waals surface area (Å²) >= 11 is 0. The van der Waals surface area contributed by atoms with Crippen molar-refractivity contribution in [2.45, 2.75) is 27.4 Å². The van der Waals surface area contributed by atoms with Gasteiger partial charge in [0.2, 0.25) is 0 Å². The van der Waals surface area contributed by atoms with Crippen molar-refractivity contribution in [3.8, 4) is 5.75 Å². The SMILES string of the molecule is Cc1cccc(OCc2ccc(C(=O)Nc3cccc(C)c3C)o2)c1. The number of benzene rings is 2. The van der Waals surface area contributed by atoms with Gasteiger partial charge in [0.05, 0.1) is 0 Å². The van der Waals surface area contributed by atoms with E-state index in [2.05, 4.69) is 5.32 Å². The molecule has 3 aromatic rings. The van der Waals surface area contributed by atoms with Gasteiger partial charge in [-0.25, -0.2) is 0 Å². The van der Waals surface area contributed by atoms with Crippen LogP contribution in [0.15, 0.2) is 59.0 Å². The van der Waals surface area contributed by atoms with E-state index in [0.717, 1.165) is 28.1 Å². The van der Waals surface area contributed by atoms with Crippen molar-refractivity contribution in [3.05, 3.63) is 82.8 Å². The van der Waals surface area contributed by atoms with Crippen LogP contribution in [-0.2, 0) is 6.61 Å². The Morgan fingerprint density at radius 2 is 1.84 bits per heavy atom. The van der Waals surface area contributed by atoms with Gasteiger partial charge in [0.25, 0.3) is 5.91 Å². The lowest BCUT2D eigenvalue weighted by molar-refractivity contribution is 0.0992. The Bertz CT molecular complexity index is 896. The number of furan rings is 1. The number of rotatable bonds is 5. The Kier molecular flexibility index (Phi) is 4.89. The maximum Gasteiger partial charge on any atom is 0.291 e. The summed E-state index contributed by atoms with van der Waals surface area (Å²) in [6.45, 7) is 6.28. The van der Waals surface area contributed by atoms with Gasteiger partial charge in [0.15, 0.2) is 5.76 Å². The quantitative estimate of drug-likeness (QED) is 0.711. The van der Waals surface area contributed by atoms with Crippen molar-refractivity contribution in [1.29, 1.82) is 0 Å². The maximum absolute atomic E-state index is 12.4. The topological polar surface area (TPSA) is 51.5 Å². The summed E-state index contributed by atoms with van der Waals surface area (Å²) in [5, 5.41) is 2.89. The fourth-order valence-corrected chi connectivity index (χ4v) is 2.51. The molecule has 1 amide bonds. The van der Waals surface area contributed by atoms with E-state index in [1.165, 1.54) is 0 Å². The Hall–Kier alpha value is -3.01. The second kappa shape index (κ2) is 7.26. The smallest absolute Gasteiger partial charge is 0.291 e. The lowest BCUT2D eigenvalue weighted by Gasteiger charge is -2.09. The van der Waals surface area contributed by atoms with E-state index in [-0.39, 0.29) is 18.3 Å². The molecule has 0 bridgehead atoms. The standard InChI is InChI=1S/C21H21NO3/c1-14-6-4-8-17(12-14)24-13-18-10-11-20(25-18)21(23)22-19-9-5-7-15(2)16(19)3/h4-12H,13H2,1-3H3,(H,22,23). The first-order valence-electron chi connectivity index (χ1n) is 8.18. The first-order valence-corrected chi connectivity index (χ1v) is 8.18. The van der Waals surface area contributed by atoms with Gasteiger partial charge >= 0.3 is 0 Å².